The summed E-state index contributed by atoms with van der Waals surface area (Å²) in [6, 6.07) is 12.0. The van der Waals surface area contributed by atoms with Crippen molar-refractivity contribution in [1.82, 2.24) is 9.47 Å². The van der Waals surface area contributed by atoms with E-state index in [-0.39, 0.29) is 11.8 Å². The van der Waals surface area contributed by atoms with Crippen LogP contribution >= 0.6 is 0 Å². The van der Waals surface area contributed by atoms with Crippen LogP contribution in [-0.2, 0) is 22.4 Å². The Hall–Kier alpha value is -4.06. The Balaban J connectivity index is 0.000000616. The average molecular weight is 593 g/mol. The molecule has 2 atom stereocenters. The summed E-state index contributed by atoms with van der Waals surface area (Å²) in [7, 11) is 7.96. The summed E-state index contributed by atoms with van der Waals surface area (Å²) in [5.41, 5.74) is 5.15. The van der Waals surface area contributed by atoms with Crippen molar-refractivity contribution in [3.05, 3.63) is 59.0 Å². The number of aliphatic carboxylic acids is 2. The largest absolute Gasteiger partial charge is 0.542 e. The summed E-state index contributed by atoms with van der Waals surface area (Å²) in [6.45, 7) is 4.19. The second-order valence-corrected chi connectivity index (χ2v) is 10.9. The first-order chi connectivity index (χ1) is 19.5. The molecule has 1 aromatic heterocycles. The van der Waals surface area contributed by atoms with E-state index in [0.29, 0.717) is 23.4 Å². The number of carbonyl (C=O) groups excluding carboxylic acids is 1. The molecule has 1 heterocycles. The minimum Gasteiger partial charge on any atom is -0.542 e. The second-order valence-electron chi connectivity index (χ2n) is 10.9. The summed E-state index contributed by atoms with van der Waals surface area (Å²) in [5, 5.41) is 18.2. The molecule has 42 heavy (non-hydrogen) atoms. The van der Waals surface area contributed by atoms with Gasteiger partial charge >= 0.3 is 12.1 Å². The molecule has 0 bridgehead atoms. The maximum atomic E-state index is 11.4. The maximum Gasteiger partial charge on any atom is 0.430 e. The summed E-state index contributed by atoms with van der Waals surface area (Å²) >= 11 is 0. The van der Waals surface area contributed by atoms with Crippen LogP contribution in [0.5, 0.6) is 11.5 Å². The van der Waals surface area contributed by atoms with Gasteiger partial charge in [0.15, 0.2) is 11.4 Å². The number of aromatic nitrogens is 1. The zero-order chi connectivity index (χ0) is 31.4. The number of oxazole rings is 1. The number of ether oxygens (including phenoxy) is 2. The molecule has 3 aromatic rings. The Labute approximate surface area is 242 Å². The molecule has 0 saturated carbocycles. The van der Waals surface area contributed by atoms with Crippen LogP contribution in [0.25, 0.3) is 11.5 Å². The van der Waals surface area contributed by atoms with Crippen LogP contribution in [0.4, 0.5) is 18.9 Å². The first-order valence-electron chi connectivity index (χ1n) is 13.3. The molecule has 4 rings (SSSR count). The molecular weight excluding hydrogens is 557 g/mol. The highest BCUT2D eigenvalue weighted by Crippen LogP contribution is 2.40. The van der Waals surface area contributed by atoms with Crippen molar-refractivity contribution in [3.63, 3.8) is 0 Å². The van der Waals surface area contributed by atoms with Crippen LogP contribution in [-0.4, -0.2) is 63.1 Å². The number of alkyl halides is 3. The van der Waals surface area contributed by atoms with Gasteiger partial charge in [0.1, 0.15) is 17.5 Å². The van der Waals surface area contributed by atoms with E-state index >= 15 is 0 Å². The molecule has 1 N–H and O–H groups in total. The number of nitrogens with zero attached hydrogens (tertiary/aromatic N) is 2. The molecule has 0 unspecified atom stereocenters. The van der Waals surface area contributed by atoms with Gasteiger partial charge in [-0.2, -0.15) is 13.2 Å². The lowest BCUT2D eigenvalue weighted by Gasteiger charge is -2.25. The minimum absolute atomic E-state index is 0.0725. The Kier molecular flexibility index (Phi) is 9.93. The van der Waals surface area contributed by atoms with Gasteiger partial charge in [0.2, 0.25) is 5.89 Å². The number of methoxy groups -OCH3 is 1. The number of carboxylic acid groups (broad SMARTS) is 2. The molecule has 0 fully saturated rings. The second kappa shape index (κ2) is 12.8. The van der Waals surface area contributed by atoms with Gasteiger partial charge in [0.05, 0.1) is 46.5 Å². The number of carbonyl (C=O) groups is 2. The van der Waals surface area contributed by atoms with Crippen LogP contribution in [0.15, 0.2) is 40.8 Å². The molecule has 0 radical (unpaired) electrons. The number of carboxylic acids is 2. The standard InChI is InChI=1S/C28H34N2O5.C2HF3O2/c1-17(28(31)32)22-10-7-19-15-21(9-11-23(19)22)34-14-13-24-18(2)35-27(29-24)20-8-12-26(33-6)25(16-20)30(3,4)5;3-2(4,5)1(6)7/h8-9,11-12,15-17,22H,7,10,13-14H2,1-6H3;(H,6,7)/t17-,22-;/m0./s1. The third-order valence-corrected chi connectivity index (χ3v) is 7.11. The van der Waals surface area contributed by atoms with Crippen molar-refractivity contribution in [2.45, 2.75) is 45.2 Å². The molecule has 1 aliphatic rings. The molecule has 0 saturated heterocycles. The topological polar surface area (TPSA) is 122 Å². The molecule has 12 heteroatoms. The summed E-state index contributed by atoms with van der Waals surface area (Å²) in [5.74, 6) is -1.05. The van der Waals surface area contributed by atoms with E-state index in [4.69, 9.17) is 28.8 Å². The van der Waals surface area contributed by atoms with Gasteiger partial charge in [-0.15, -0.1) is 0 Å². The predicted molar refractivity (Wildman–Crippen MR) is 147 cm³/mol. The van der Waals surface area contributed by atoms with Gasteiger partial charge in [0, 0.05) is 18.1 Å². The lowest BCUT2D eigenvalue weighted by Crippen LogP contribution is -2.37. The number of fused-ring (bicyclic) bond motifs is 1. The molecule has 1 aliphatic carbocycles. The first-order valence-corrected chi connectivity index (χ1v) is 13.3. The smallest absolute Gasteiger partial charge is 0.430 e. The highest BCUT2D eigenvalue weighted by Gasteiger charge is 2.31. The van der Waals surface area contributed by atoms with E-state index in [0.717, 1.165) is 52.6 Å². The van der Waals surface area contributed by atoms with E-state index in [1.54, 1.807) is 14.0 Å². The number of hydrogen-bond donors (Lipinski definition) is 1. The van der Waals surface area contributed by atoms with Gasteiger partial charge in [0.25, 0.3) is 0 Å². The van der Waals surface area contributed by atoms with Gasteiger partial charge < -0.3 is 28.9 Å². The molecule has 228 valence electrons. The summed E-state index contributed by atoms with van der Waals surface area (Å²) in [4.78, 5) is 24.9. The Morgan fingerprint density at radius 2 is 1.86 bits per heavy atom. The number of aryl methyl sites for hydroxylation is 2. The molecular formula is C30H35F3N2O7. The highest BCUT2D eigenvalue weighted by atomic mass is 19.4. The van der Waals surface area contributed by atoms with Crippen LogP contribution in [0.3, 0.4) is 0 Å². The molecule has 0 spiro atoms. The van der Waals surface area contributed by atoms with Gasteiger partial charge in [-0.25, -0.2) is 4.98 Å². The zero-order valence-corrected chi connectivity index (χ0v) is 24.4. The molecule has 9 nitrogen and oxygen atoms in total. The molecule has 0 amide bonds. The summed E-state index contributed by atoms with van der Waals surface area (Å²) in [6.07, 6.45) is -2.81. The number of hydrogen-bond acceptors (Lipinski definition) is 7. The van der Waals surface area contributed by atoms with E-state index in [9.17, 15) is 23.1 Å². The minimum atomic E-state index is -5.19. The normalized spacial score (nSPS) is 15.3. The van der Waals surface area contributed by atoms with E-state index in [1.165, 1.54) is 5.56 Å². The Morgan fingerprint density at radius 3 is 2.43 bits per heavy atom. The zero-order valence-electron chi connectivity index (χ0n) is 24.4. The van der Waals surface area contributed by atoms with Crippen molar-refractivity contribution >= 4 is 17.6 Å². The lowest BCUT2D eigenvalue weighted by atomic mass is 9.89. The van der Waals surface area contributed by atoms with Crippen molar-refractivity contribution < 1.29 is 46.9 Å². The van der Waals surface area contributed by atoms with E-state index in [2.05, 4.69) is 33.3 Å². The van der Waals surface area contributed by atoms with Gasteiger partial charge in [-0.05, 0) is 61.1 Å². The van der Waals surface area contributed by atoms with Crippen molar-refractivity contribution in [2.24, 2.45) is 5.92 Å². The van der Waals surface area contributed by atoms with Crippen molar-refractivity contribution in [3.8, 4) is 23.0 Å². The monoisotopic (exact) mass is 592 g/mol. The van der Waals surface area contributed by atoms with E-state index < -0.39 is 18.1 Å². The van der Waals surface area contributed by atoms with Gasteiger partial charge in [-0.1, -0.05) is 13.0 Å². The number of rotatable bonds is 9. The molecule has 0 aliphatic heterocycles. The fourth-order valence-electron chi connectivity index (χ4n) is 4.80. The van der Waals surface area contributed by atoms with Crippen molar-refractivity contribution in [1.29, 1.82) is 0 Å². The number of quaternary nitrogens is 1. The quantitative estimate of drug-likeness (QED) is 0.360. The third-order valence-electron chi connectivity index (χ3n) is 7.11. The lowest BCUT2D eigenvalue weighted by molar-refractivity contribution is -0.344. The number of benzene rings is 2. The predicted octanol–water partition coefficient (Wildman–Crippen LogP) is 4.53. The van der Waals surface area contributed by atoms with Crippen LogP contribution in [0.2, 0.25) is 0 Å². The summed E-state index contributed by atoms with van der Waals surface area (Å²) < 4.78 is 49.7. The fraction of sp³-hybridized carbons (Fsp3) is 0.433. The third kappa shape index (κ3) is 7.81. The van der Waals surface area contributed by atoms with Crippen LogP contribution in [0, 0.1) is 12.8 Å². The fourth-order valence-corrected chi connectivity index (χ4v) is 4.80. The molecule has 2 aromatic carbocycles. The number of halogens is 3. The maximum absolute atomic E-state index is 11.4. The van der Waals surface area contributed by atoms with Crippen molar-refractivity contribution in [2.75, 3.05) is 34.9 Å². The Morgan fingerprint density at radius 1 is 1.19 bits per heavy atom. The van der Waals surface area contributed by atoms with Gasteiger partial charge in [-0.3, -0.25) is 9.28 Å². The SMILES string of the molecule is COc1ccc(-c2nc(CCOc3ccc4c(c3)CC[C@H]4[C@H](C)C(=O)O)c(C)o2)cc1[N+](C)(C)C.O=C([O-])C(F)(F)F. The van der Waals surface area contributed by atoms with Crippen LogP contribution < -0.4 is 19.1 Å². The highest BCUT2D eigenvalue weighted by molar-refractivity contribution is 5.71. The first kappa shape index (κ1) is 32.5. The average Bonchev–Trinajstić information content (AvgIpc) is 3.50. The van der Waals surface area contributed by atoms with Crippen LogP contribution in [0.1, 0.15) is 41.8 Å². The Bertz CT molecular complexity index is 1430. The van der Waals surface area contributed by atoms with E-state index in [1.807, 2.05) is 31.2 Å².